The standard InChI is InChI=1S/C20H26N2O/c1-19(2,3)16-10-14(11-17(18(16)23)20(4,5)6)12-22-15-8-7-9-21-13-15/h7-13,23H,1-6H3. The lowest BCUT2D eigenvalue weighted by molar-refractivity contribution is 0.423. The van der Waals surface area contributed by atoms with E-state index in [2.05, 4.69) is 51.5 Å². The number of hydrogen-bond acceptors (Lipinski definition) is 3. The fourth-order valence-corrected chi connectivity index (χ4v) is 2.45. The number of pyridine rings is 1. The van der Waals surface area contributed by atoms with Crippen molar-refractivity contribution in [2.75, 3.05) is 0 Å². The summed E-state index contributed by atoms with van der Waals surface area (Å²) in [6, 6.07) is 7.82. The Hall–Kier alpha value is -2.16. The number of aromatic nitrogens is 1. The normalized spacial score (nSPS) is 12.8. The van der Waals surface area contributed by atoms with Crippen LogP contribution in [0, 0.1) is 0 Å². The first-order valence-corrected chi connectivity index (χ1v) is 7.91. The van der Waals surface area contributed by atoms with Crippen molar-refractivity contribution in [2.45, 2.75) is 52.4 Å². The van der Waals surface area contributed by atoms with Crippen molar-refractivity contribution in [2.24, 2.45) is 4.99 Å². The summed E-state index contributed by atoms with van der Waals surface area (Å²) in [6.45, 7) is 12.6. The van der Waals surface area contributed by atoms with E-state index in [-0.39, 0.29) is 10.8 Å². The Bertz CT molecular complexity index is 670. The monoisotopic (exact) mass is 310 g/mol. The summed E-state index contributed by atoms with van der Waals surface area (Å²) < 4.78 is 0. The fourth-order valence-electron chi connectivity index (χ4n) is 2.45. The van der Waals surface area contributed by atoms with E-state index in [4.69, 9.17) is 0 Å². The number of phenols is 1. The van der Waals surface area contributed by atoms with Crippen LogP contribution in [0.3, 0.4) is 0 Å². The third-order valence-corrected chi connectivity index (χ3v) is 3.76. The Morgan fingerprint density at radius 1 is 1.00 bits per heavy atom. The second-order valence-electron chi connectivity index (χ2n) is 7.93. The molecule has 1 aromatic heterocycles. The molecule has 1 heterocycles. The first-order chi connectivity index (χ1) is 10.6. The highest BCUT2D eigenvalue weighted by Crippen LogP contribution is 2.39. The number of rotatable bonds is 2. The first-order valence-electron chi connectivity index (χ1n) is 7.91. The first kappa shape index (κ1) is 17.2. The predicted octanol–water partition coefficient (Wildman–Crippen LogP) is 5.13. The molecule has 1 aromatic carbocycles. The average Bonchev–Trinajstić information content (AvgIpc) is 2.44. The van der Waals surface area contributed by atoms with Gasteiger partial charge in [0.05, 0.1) is 11.9 Å². The summed E-state index contributed by atoms with van der Waals surface area (Å²) in [5.74, 6) is 0.392. The maximum Gasteiger partial charge on any atom is 0.123 e. The van der Waals surface area contributed by atoms with Crippen molar-refractivity contribution in [1.82, 2.24) is 4.98 Å². The lowest BCUT2D eigenvalue weighted by Crippen LogP contribution is -2.17. The minimum atomic E-state index is -0.137. The van der Waals surface area contributed by atoms with E-state index >= 15 is 0 Å². The van der Waals surface area contributed by atoms with Gasteiger partial charge in [0.15, 0.2) is 0 Å². The van der Waals surface area contributed by atoms with Crippen molar-refractivity contribution in [1.29, 1.82) is 0 Å². The molecule has 0 amide bonds. The molecule has 0 spiro atoms. The summed E-state index contributed by atoms with van der Waals surface area (Å²) in [5, 5.41) is 10.7. The molecule has 0 saturated heterocycles. The van der Waals surface area contributed by atoms with Gasteiger partial charge in [-0.15, -0.1) is 0 Å². The molecule has 0 aliphatic rings. The van der Waals surface area contributed by atoms with Crippen LogP contribution in [-0.4, -0.2) is 16.3 Å². The summed E-state index contributed by atoms with van der Waals surface area (Å²) in [4.78, 5) is 8.55. The van der Waals surface area contributed by atoms with Gasteiger partial charge in [0, 0.05) is 23.5 Å². The molecule has 0 fully saturated rings. The number of aromatic hydroxyl groups is 1. The van der Waals surface area contributed by atoms with Gasteiger partial charge in [0.25, 0.3) is 0 Å². The van der Waals surface area contributed by atoms with E-state index in [9.17, 15) is 5.11 Å². The molecule has 1 N–H and O–H groups in total. The van der Waals surface area contributed by atoms with Crippen molar-refractivity contribution >= 4 is 11.9 Å². The maximum atomic E-state index is 10.7. The molecule has 3 nitrogen and oxygen atoms in total. The molecule has 122 valence electrons. The summed E-state index contributed by atoms with van der Waals surface area (Å²) >= 11 is 0. The molecule has 23 heavy (non-hydrogen) atoms. The van der Waals surface area contributed by atoms with E-state index in [1.807, 2.05) is 30.5 Å². The number of phenolic OH excluding ortho intramolecular Hbond substituents is 1. The molecule has 2 rings (SSSR count). The number of hydrogen-bond donors (Lipinski definition) is 1. The molecule has 3 heteroatoms. The molecular weight excluding hydrogens is 284 g/mol. The van der Waals surface area contributed by atoms with Gasteiger partial charge in [-0.1, -0.05) is 41.5 Å². The van der Waals surface area contributed by atoms with Crippen LogP contribution >= 0.6 is 0 Å². The Morgan fingerprint density at radius 2 is 1.57 bits per heavy atom. The van der Waals surface area contributed by atoms with Crippen LogP contribution in [0.15, 0.2) is 41.7 Å². The minimum absolute atomic E-state index is 0.137. The molecular formula is C20H26N2O. The molecule has 0 saturated carbocycles. The molecule has 0 bridgehead atoms. The second kappa shape index (κ2) is 6.15. The smallest absolute Gasteiger partial charge is 0.123 e. The van der Waals surface area contributed by atoms with Crippen LogP contribution in [0.5, 0.6) is 5.75 Å². The lowest BCUT2D eigenvalue weighted by Gasteiger charge is -2.27. The highest BCUT2D eigenvalue weighted by Gasteiger charge is 2.26. The topological polar surface area (TPSA) is 45.5 Å². The van der Waals surface area contributed by atoms with Crippen LogP contribution in [0.2, 0.25) is 0 Å². The largest absolute Gasteiger partial charge is 0.507 e. The SMILES string of the molecule is CC(C)(C)c1cc(C=Nc2cccnc2)cc(C(C)(C)C)c1O. The van der Waals surface area contributed by atoms with E-state index in [0.29, 0.717) is 5.75 Å². The number of benzene rings is 1. The quantitative estimate of drug-likeness (QED) is 0.781. The van der Waals surface area contributed by atoms with E-state index < -0.39 is 0 Å². The summed E-state index contributed by atoms with van der Waals surface area (Å²) in [5.41, 5.74) is 3.41. The highest BCUT2D eigenvalue weighted by atomic mass is 16.3. The number of nitrogens with zero attached hydrogens (tertiary/aromatic N) is 2. The van der Waals surface area contributed by atoms with Crippen molar-refractivity contribution in [3.8, 4) is 5.75 Å². The molecule has 2 aromatic rings. The highest BCUT2D eigenvalue weighted by molar-refractivity contribution is 5.83. The van der Waals surface area contributed by atoms with E-state index in [1.165, 1.54) is 0 Å². The number of aliphatic imine (C=N–C) groups is 1. The van der Waals surface area contributed by atoms with Gasteiger partial charge in [-0.3, -0.25) is 9.98 Å². The van der Waals surface area contributed by atoms with Crippen molar-refractivity contribution in [3.63, 3.8) is 0 Å². The van der Waals surface area contributed by atoms with Gasteiger partial charge >= 0.3 is 0 Å². The molecule has 0 unspecified atom stereocenters. The van der Waals surface area contributed by atoms with Gasteiger partial charge in [-0.05, 0) is 40.7 Å². The van der Waals surface area contributed by atoms with Crippen LogP contribution < -0.4 is 0 Å². The predicted molar refractivity (Wildman–Crippen MR) is 97.0 cm³/mol. The van der Waals surface area contributed by atoms with Crippen LogP contribution in [0.4, 0.5) is 5.69 Å². The maximum absolute atomic E-state index is 10.7. The van der Waals surface area contributed by atoms with Crippen LogP contribution in [-0.2, 0) is 10.8 Å². The van der Waals surface area contributed by atoms with Gasteiger partial charge in [-0.2, -0.15) is 0 Å². The second-order valence-corrected chi connectivity index (χ2v) is 7.93. The molecule has 0 radical (unpaired) electrons. The van der Waals surface area contributed by atoms with Gasteiger partial charge in [0.1, 0.15) is 5.75 Å². The van der Waals surface area contributed by atoms with E-state index in [0.717, 1.165) is 22.4 Å². The van der Waals surface area contributed by atoms with Gasteiger partial charge < -0.3 is 5.11 Å². The zero-order chi connectivity index (χ0) is 17.3. The van der Waals surface area contributed by atoms with Crippen molar-refractivity contribution < 1.29 is 5.11 Å². The minimum Gasteiger partial charge on any atom is -0.507 e. The van der Waals surface area contributed by atoms with Crippen LogP contribution in [0.1, 0.15) is 58.2 Å². The Kier molecular flexibility index (Phi) is 4.60. The Morgan fingerprint density at radius 3 is 2.00 bits per heavy atom. The molecule has 0 aliphatic carbocycles. The molecule has 0 aliphatic heterocycles. The van der Waals surface area contributed by atoms with Crippen LogP contribution in [0.25, 0.3) is 0 Å². The Labute approximate surface area is 139 Å². The third-order valence-electron chi connectivity index (χ3n) is 3.76. The zero-order valence-corrected chi connectivity index (χ0v) is 14.9. The van der Waals surface area contributed by atoms with E-state index in [1.54, 1.807) is 12.4 Å². The van der Waals surface area contributed by atoms with Gasteiger partial charge in [0.2, 0.25) is 0 Å². The molecule has 0 atom stereocenters. The van der Waals surface area contributed by atoms with Gasteiger partial charge in [-0.25, -0.2) is 0 Å². The third kappa shape index (κ3) is 4.19. The van der Waals surface area contributed by atoms with Crippen molar-refractivity contribution in [3.05, 3.63) is 53.3 Å². The average molecular weight is 310 g/mol. The summed E-state index contributed by atoms with van der Waals surface area (Å²) in [7, 11) is 0. The zero-order valence-electron chi connectivity index (χ0n) is 14.9. The summed E-state index contributed by atoms with van der Waals surface area (Å²) in [6.07, 6.45) is 5.29. The Balaban J connectivity index is 2.54. The lowest BCUT2D eigenvalue weighted by atomic mass is 9.78. The fraction of sp³-hybridized carbons (Fsp3) is 0.400.